The van der Waals surface area contributed by atoms with Crippen molar-refractivity contribution in [3.8, 4) is 6.07 Å². The van der Waals surface area contributed by atoms with Crippen molar-refractivity contribution in [2.45, 2.75) is 31.8 Å². The molecular weight excluding hydrogens is 205 g/mol. The summed E-state index contributed by atoms with van der Waals surface area (Å²) >= 11 is 0. The molecule has 0 spiro atoms. The van der Waals surface area contributed by atoms with Crippen molar-refractivity contribution < 1.29 is 9.13 Å². The Labute approximate surface area is 94.7 Å². The van der Waals surface area contributed by atoms with Crippen molar-refractivity contribution in [2.24, 2.45) is 0 Å². The van der Waals surface area contributed by atoms with Crippen LogP contribution in [0.2, 0.25) is 0 Å². The van der Waals surface area contributed by atoms with Gasteiger partial charge in [-0.05, 0) is 36.5 Å². The third-order valence-corrected chi connectivity index (χ3v) is 3.18. The fourth-order valence-corrected chi connectivity index (χ4v) is 2.05. The lowest BCUT2D eigenvalue weighted by Gasteiger charge is -2.27. The molecule has 1 aliphatic rings. The first-order chi connectivity index (χ1) is 7.76. The molecule has 0 amide bonds. The lowest BCUT2D eigenvalue weighted by molar-refractivity contribution is 0.181. The zero-order valence-electron chi connectivity index (χ0n) is 9.29. The first kappa shape index (κ1) is 11.1. The molecule has 1 aliphatic carbocycles. The summed E-state index contributed by atoms with van der Waals surface area (Å²) in [6.07, 6.45) is 3.31. The summed E-state index contributed by atoms with van der Waals surface area (Å²) in [6.45, 7) is 0.214. The van der Waals surface area contributed by atoms with Crippen LogP contribution < -0.4 is 0 Å². The summed E-state index contributed by atoms with van der Waals surface area (Å²) < 4.78 is 18.6. The van der Waals surface area contributed by atoms with Crippen LogP contribution in [0.4, 0.5) is 4.39 Å². The van der Waals surface area contributed by atoms with E-state index in [2.05, 4.69) is 6.07 Å². The van der Waals surface area contributed by atoms with E-state index in [0.717, 1.165) is 18.4 Å². The van der Waals surface area contributed by atoms with Crippen LogP contribution in [-0.4, -0.2) is 7.11 Å². The summed E-state index contributed by atoms with van der Waals surface area (Å²) in [5.74, 6) is 0.114. The summed E-state index contributed by atoms with van der Waals surface area (Å²) in [7, 11) is 1.52. The predicted octanol–water partition coefficient (Wildman–Crippen LogP) is 3.11. The maximum atomic E-state index is 13.7. The van der Waals surface area contributed by atoms with Gasteiger partial charge < -0.3 is 4.74 Å². The number of benzene rings is 1. The topological polar surface area (TPSA) is 33.0 Å². The van der Waals surface area contributed by atoms with Crippen molar-refractivity contribution in [1.82, 2.24) is 0 Å². The predicted molar refractivity (Wildman–Crippen MR) is 58.4 cm³/mol. The van der Waals surface area contributed by atoms with Crippen LogP contribution in [0.1, 0.15) is 41.9 Å². The highest BCUT2D eigenvalue weighted by Crippen LogP contribution is 2.38. The molecule has 0 N–H and O–H groups in total. The number of halogens is 1. The van der Waals surface area contributed by atoms with Crippen molar-refractivity contribution in [3.63, 3.8) is 0 Å². The van der Waals surface area contributed by atoms with E-state index in [9.17, 15) is 4.39 Å². The quantitative estimate of drug-likeness (QED) is 0.782. The molecule has 0 bridgehead atoms. The van der Waals surface area contributed by atoms with Gasteiger partial charge in [0.05, 0.1) is 18.2 Å². The van der Waals surface area contributed by atoms with E-state index in [-0.39, 0.29) is 12.4 Å². The van der Waals surface area contributed by atoms with Gasteiger partial charge in [0.2, 0.25) is 0 Å². The van der Waals surface area contributed by atoms with Gasteiger partial charge in [-0.2, -0.15) is 5.26 Å². The van der Waals surface area contributed by atoms with Gasteiger partial charge in [0.25, 0.3) is 0 Å². The minimum Gasteiger partial charge on any atom is -0.380 e. The lowest BCUT2D eigenvalue weighted by atomic mass is 9.78. The highest BCUT2D eigenvalue weighted by atomic mass is 19.1. The minimum atomic E-state index is -0.261. The highest BCUT2D eigenvalue weighted by molar-refractivity contribution is 5.43. The minimum absolute atomic E-state index is 0.214. The zero-order chi connectivity index (χ0) is 11.5. The SMILES string of the molecule is COCc1cc(C#N)c(C2CCC2)cc1F. The Kier molecular flexibility index (Phi) is 3.21. The second-order valence-electron chi connectivity index (χ2n) is 4.20. The molecule has 2 nitrogen and oxygen atoms in total. The van der Waals surface area contributed by atoms with E-state index < -0.39 is 0 Å². The van der Waals surface area contributed by atoms with Gasteiger partial charge >= 0.3 is 0 Å². The molecule has 0 saturated heterocycles. The molecule has 0 heterocycles. The number of methoxy groups -OCH3 is 1. The number of rotatable bonds is 3. The molecule has 1 saturated carbocycles. The molecule has 1 fully saturated rings. The number of hydrogen-bond acceptors (Lipinski definition) is 2. The smallest absolute Gasteiger partial charge is 0.129 e. The van der Waals surface area contributed by atoms with Crippen molar-refractivity contribution in [1.29, 1.82) is 5.26 Å². The van der Waals surface area contributed by atoms with Gasteiger partial charge in [0, 0.05) is 12.7 Å². The van der Waals surface area contributed by atoms with Crippen molar-refractivity contribution in [2.75, 3.05) is 7.11 Å². The molecular formula is C13H14FNO. The fraction of sp³-hybridized carbons (Fsp3) is 0.462. The normalized spacial score (nSPS) is 15.6. The molecule has 1 aromatic carbocycles. The van der Waals surface area contributed by atoms with Crippen molar-refractivity contribution in [3.05, 3.63) is 34.6 Å². The average Bonchev–Trinajstić information content (AvgIpc) is 2.19. The number of ether oxygens (including phenoxy) is 1. The molecule has 3 heteroatoms. The highest BCUT2D eigenvalue weighted by Gasteiger charge is 2.23. The van der Waals surface area contributed by atoms with E-state index in [1.165, 1.54) is 19.6 Å². The Balaban J connectivity index is 2.38. The van der Waals surface area contributed by atoms with E-state index in [4.69, 9.17) is 10.00 Å². The zero-order valence-corrected chi connectivity index (χ0v) is 9.29. The first-order valence-corrected chi connectivity index (χ1v) is 5.47. The molecule has 84 valence electrons. The van der Waals surface area contributed by atoms with Gasteiger partial charge in [-0.25, -0.2) is 4.39 Å². The van der Waals surface area contributed by atoms with Gasteiger partial charge in [0.15, 0.2) is 0 Å². The largest absolute Gasteiger partial charge is 0.380 e. The number of nitriles is 1. The number of hydrogen-bond donors (Lipinski definition) is 0. The maximum absolute atomic E-state index is 13.7. The molecule has 0 aromatic heterocycles. The van der Waals surface area contributed by atoms with Gasteiger partial charge in [0.1, 0.15) is 5.82 Å². The second kappa shape index (κ2) is 4.63. The van der Waals surface area contributed by atoms with E-state index >= 15 is 0 Å². The Morgan fingerprint density at radius 2 is 2.25 bits per heavy atom. The Bertz CT molecular complexity index is 432. The monoisotopic (exact) mass is 219 g/mol. The van der Waals surface area contributed by atoms with E-state index in [0.29, 0.717) is 17.0 Å². The Morgan fingerprint density at radius 1 is 1.50 bits per heavy atom. The molecule has 1 aromatic rings. The van der Waals surface area contributed by atoms with E-state index in [1.807, 2.05) is 0 Å². The Hall–Kier alpha value is -1.40. The van der Waals surface area contributed by atoms with Crippen LogP contribution in [-0.2, 0) is 11.3 Å². The summed E-state index contributed by atoms with van der Waals surface area (Å²) in [4.78, 5) is 0. The maximum Gasteiger partial charge on any atom is 0.129 e. The third kappa shape index (κ3) is 1.94. The molecule has 0 atom stereocenters. The summed E-state index contributed by atoms with van der Waals surface area (Å²) in [5.41, 5.74) is 1.92. The van der Waals surface area contributed by atoms with Gasteiger partial charge in [-0.15, -0.1) is 0 Å². The Morgan fingerprint density at radius 3 is 2.75 bits per heavy atom. The third-order valence-electron chi connectivity index (χ3n) is 3.18. The summed E-state index contributed by atoms with van der Waals surface area (Å²) in [6, 6.07) is 5.28. The van der Waals surface area contributed by atoms with Crippen LogP contribution in [0.25, 0.3) is 0 Å². The van der Waals surface area contributed by atoms with Gasteiger partial charge in [-0.3, -0.25) is 0 Å². The van der Waals surface area contributed by atoms with Crippen molar-refractivity contribution >= 4 is 0 Å². The first-order valence-electron chi connectivity index (χ1n) is 5.47. The van der Waals surface area contributed by atoms with Gasteiger partial charge in [-0.1, -0.05) is 6.42 Å². The number of nitrogens with zero attached hydrogens (tertiary/aromatic N) is 1. The molecule has 0 aliphatic heterocycles. The average molecular weight is 219 g/mol. The lowest BCUT2D eigenvalue weighted by Crippen LogP contribution is -2.11. The van der Waals surface area contributed by atoms with Crippen LogP contribution in [0.5, 0.6) is 0 Å². The standard InChI is InChI=1S/C13H14FNO/c1-16-8-11-5-10(7-15)12(6-13(11)14)9-3-2-4-9/h5-6,9H,2-4,8H2,1H3. The molecule has 0 radical (unpaired) electrons. The fourth-order valence-electron chi connectivity index (χ4n) is 2.05. The molecule has 16 heavy (non-hydrogen) atoms. The van der Waals surface area contributed by atoms with Crippen LogP contribution in [0.3, 0.4) is 0 Å². The van der Waals surface area contributed by atoms with Crippen LogP contribution in [0.15, 0.2) is 12.1 Å². The van der Waals surface area contributed by atoms with Crippen LogP contribution in [0, 0.1) is 17.1 Å². The second-order valence-corrected chi connectivity index (χ2v) is 4.20. The molecule has 0 unspecified atom stereocenters. The molecule has 2 rings (SSSR count). The van der Waals surface area contributed by atoms with E-state index in [1.54, 1.807) is 6.07 Å². The summed E-state index contributed by atoms with van der Waals surface area (Å²) in [5, 5.41) is 9.06. The van der Waals surface area contributed by atoms with Crippen LogP contribution >= 0.6 is 0 Å².